The lowest BCUT2D eigenvalue weighted by atomic mass is 9.90. The predicted octanol–water partition coefficient (Wildman–Crippen LogP) is 4.23. The van der Waals surface area contributed by atoms with Crippen LogP contribution in [0.2, 0.25) is 0 Å². The quantitative estimate of drug-likeness (QED) is 0.310. The van der Waals surface area contributed by atoms with Gasteiger partial charge in [-0.15, -0.1) is 24.0 Å². The zero-order valence-electron chi connectivity index (χ0n) is 17.0. The Bertz CT molecular complexity index is 574. The summed E-state index contributed by atoms with van der Waals surface area (Å²) in [6.45, 7) is 6.93. The molecule has 0 saturated heterocycles. The van der Waals surface area contributed by atoms with E-state index in [1.165, 1.54) is 25.7 Å². The first-order chi connectivity index (χ1) is 12.6. The third-order valence-electron chi connectivity index (χ3n) is 5.95. The second-order valence-electron chi connectivity index (χ2n) is 8.75. The van der Waals surface area contributed by atoms with Gasteiger partial charge in [0.15, 0.2) is 5.96 Å². The Hall–Kier alpha value is -0.760. The molecule has 1 aromatic heterocycles. The van der Waals surface area contributed by atoms with Crippen molar-refractivity contribution in [2.75, 3.05) is 26.8 Å². The van der Waals surface area contributed by atoms with Gasteiger partial charge in [0.05, 0.1) is 6.26 Å². The number of hydrogen-bond acceptors (Lipinski definition) is 3. The summed E-state index contributed by atoms with van der Waals surface area (Å²) < 4.78 is 10.7. The molecule has 3 atom stereocenters. The van der Waals surface area contributed by atoms with Crippen molar-refractivity contribution in [3.05, 3.63) is 24.2 Å². The fourth-order valence-electron chi connectivity index (χ4n) is 4.26. The topological polar surface area (TPSA) is 58.8 Å². The highest BCUT2D eigenvalue weighted by Gasteiger charge is 2.39. The molecule has 0 radical (unpaired) electrons. The molecule has 3 rings (SSSR count). The van der Waals surface area contributed by atoms with E-state index in [2.05, 4.69) is 24.5 Å². The number of fused-ring (bicyclic) bond motifs is 2. The fraction of sp³-hybridized carbons (Fsp3) is 0.762. The fourth-order valence-corrected chi connectivity index (χ4v) is 4.26. The molecule has 0 aromatic carbocycles. The first-order valence-electron chi connectivity index (χ1n) is 10.1. The first-order valence-corrected chi connectivity index (χ1v) is 10.1. The standard InChI is InChI=1S/C21H35N3O2.HI/c1-21(2,9-12-25-3)15-23-20(22-10-8-18-5-4-11-26-18)24-19-14-16-6-7-17(19)13-16;/h4-5,11,16-17,19H,6-10,12-15H2,1-3H3,(H2,22,23,24);1H. The van der Waals surface area contributed by atoms with Gasteiger partial charge in [-0.1, -0.05) is 20.3 Å². The van der Waals surface area contributed by atoms with Crippen LogP contribution < -0.4 is 10.6 Å². The van der Waals surface area contributed by atoms with E-state index in [-0.39, 0.29) is 29.4 Å². The zero-order chi connectivity index (χ0) is 18.4. The SMILES string of the molecule is COCCC(C)(C)CN=C(NCCc1ccco1)NC1CC2CCC1C2.I. The average Bonchev–Trinajstić information content (AvgIpc) is 3.36. The molecule has 27 heavy (non-hydrogen) atoms. The van der Waals surface area contributed by atoms with Gasteiger partial charge in [0.2, 0.25) is 0 Å². The summed E-state index contributed by atoms with van der Waals surface area (Å²) in [7, 11) is 1.76. The Morgan fingerprint density at radius 2 is 2.19 bits per heavy atom. The third kappa shape index (κ3) is 6.97. The molecule has 0 amide bonds. The van der Waals surface area contributed by atoms with Gasteiger partial charge in [-0.05, 0) is 55.1 Å². The van der Waals surface area contributed by atoms with Crippen LogP contribution in [0.3, 0.4) is 0 Å². The van der Waals surface area contributed by atoms with Gasteiger partial charge >= 0.3 is 0 Å². The van der Waals surface area contributed by atoms with Crippen LogP contribution in [0.5, 0.6) is 0 Å². The van der Waals surface area contributed by atoms with Crippen molar-refractivity contribution in [1.29, 1.82) is 0 Å². The Balaban J connectivity index is 0.00000261. The van der Waals surface area contributed by atoms with Gasteiger partial charge in [0.25, 0.3) is 0 Å². The van der Waals surface area contributed by atoms with Gasteiger partial charge in [0, 0.05) is 39.3 Å². The number of ether oxygens (including phenoxy) is 1. The maximum Gasteiger partial charge on any atom is 0.191 e. The molecule has 2 aliphatic carbocycles. The molecule has 1 heterocycles. The van der Waals surface area contributed by atoms with E-state index in [4.69, 9.17) is 14.1 Å². The molecule has 2 N–H and O–H groups in total. The first kappa shape index (κ1) is 22.5. The number of guanidine groups is 1. The number of aliphatic imine (C=N–C) groups is 1. The van der Waals surface area contributed by atoms with Crippen LogP contribution in [0, 0.1) is 17.3 Å². The highest BCUT2D eigenvalue weighted by Crippen LogP contribution is 2.44. The van der Waals surface area contributed by atoms with E-state index in [1.54, 1.807) is 13.4 Å². The molecule has 0 aliphatic heterocycles. The molecule has 2 bridgehead atoms. The van der Waals surface area contributed by atoms with E-state index in [0.717, 1.165) is 56.1 Å². The van der Waals surface area contributed by atoms with Crippen molar-refractivity contribution in [2.45, 2.75) is 58.4 Å². The minimum atomic E-state index is 0. The van der Waals surface area contributed by atoms with Gasteiger partial charge in [-0.25, -0.2) is 0 Å². The van der Waals surface area contributed by atoms with Crippen molar-refractivity contribution < 1.29 is 9.15 Å². The van der Waals surface area contributed by atoms with Crippen LogP contribution in [-0.2, 0) is 11.2 Å². The number of furan rings is 1. The Morgan fingerprint density at radius 1 is 1.33 bits per heavy atom. The lowest BCUT2D eigenvalue weighted by Crippen LogP contribution is -2.46. The molecule has 6 heteroatoms. The zero-order valence-corrected chi connectivity index (χ0v) is 19.3. The summed E-state index contributed by atoms with van der Waals surface area (Å²) in [4.78, 5) is 4.92. The summed E-state index contributed by atoms with van der Waals surface area (Å²) in [5, 5.41) is 7.25. The van der Waals surface area contributed by atoms with E-state index in [1.807, 2.05) is 12.1 Å². The predicted molar refractivity (Wildman–Crippen MR) is 121 cm³/mol. The van der Waals surface area contributed by atoms with Gasteiger partial charge in [0.1, 0.15) is 5.76 Å². The van der Waals surface area contributed by atoms with E-state index < -0.39 is 0 Å². The summed E-state index contributed by atoms with van der Waals surface area (Å²) in [5.41, 5.74) is 0.139. The smallest absolute Gasteiger partial charge is 0.191 e. The number of hydrogen-bond donors (Lipinski definition) is 2. The Kier molecular flexibility index (Phi) is 8.92. The minimum Gasteiger partial charge on any atom is -0.469 e. The molecule has 0 spiro atoms. The van der Waals surface area contributed by atoms with E-state index in [0.29, 0.717) is 6.04 Å². The number of rotatable bonds is 9. The summed E-state index contributed by atoms with van der Waals surface area (Å²) in [5.74, 6) is 3.73. The lowest BCUT2D eigenvalue weighted by Gasteiger charge is -2.27. The highest BCUT2D eigenvalue weighted by molar-refractivity contribution is 14.0. The maximum absolute atomic E-state index is 5.43. The normalized spacial score (nSPS) is 24.7. The lowest BCUT2D eigenvalue weighted by molar-refractivity contribution is 0.155. The van der Waals surface area contributed by atoms with Crippen LogP contribution in [-0.4, -0.2) is 38.8 Å². The van der Waals surface area contributed by atoms with Crippen molar-refractivity contribution in [3.8, 4) is 0 Å². The second-order valence-corrected chi connectivity index (χ2v) is 8.75. The van der Waals surface area contributed by atoms with Crippen molar-refractivity contribution in [1.82, 2.24) is 10.6 Å². The molecule has 2 fully saturated rings. The molecule has 3 unspecified atom stereocenters. The number of nitrogens with one attached hydrogen (secondary N) is 2. The van der Waals surface area contributed by atoms with Gasteiger partial charge in [-0.2, -0.15) is 0 Å². The molecule has 2 saturated carbocycles. The average molecular weight is 489 g/mol. The third-order valence-corrected chi connectivity index (χ3v) is 5.95. The highest BCUT2D eigenvalue weighted by atomic mass is 127. The van der Waals surface area contributed by atoms with Gasteiger partial charge in [-0.3, -0.25) is 4.99 Å². The number of methoxy groups -OCH3 is 1. The van der Waals surface area contributed by atoms with Crippen molar-refractivity contribution in [2.24, 2.45) is 22.2 Å². The number of halogens is 1. The molecule has 5 nitrogen and oxygen atoms in total. The molecular weight excluding hydrogens is 453 g/mol. The Labute approximate surface area is 181 Å². The summed E-state index contributed by atoms with van der Waals surface area (Å²) >= 11 is 0. The van der Waals surface area contributed by atoms with Crippen LogP contribution in [0.15, 0.2) is 27.8 Å². The molecule has 1 aromatic rings. The van der Waals surface area contributed by atoms with Crippen molar-refractivity contribution in [3.63, 3.8) is 0 Å². The van der Waals surface area contributed by atoms with Crippen LogP contribution >= 0.6 is 24.0 Å². The van der Waals surface area contributed by atoms with Crippen molar-refractivity contribution >= 4 is 29.9 Å². The van der Waals surface area contributed by atoms with E-state index in [9.17, 15) is 0 Å². The summed E-state index contributed by atoms with van der Waals surface area (Å²) in [6, 6.07) is 4.55. The van der Waals surface area contributed by atoms with Crippen LogP contribution in [0.1, 0.15) is 51.7 Å². The molecule has 2 aliphatic rings. The monoisotopic (exact) mass is 489 g/mol. The van der Waals surface area contributed by atoms with Crippen LogP contribution in [0.4, 0.5) is 0 Å². The largest absolute Gasteiger partial charge is 0.469 e. The molecule has 154 valence electrons. The van der Waals surface area contributed by atoms with Gasteiger partial charge < -0.3 is 19.8 Å². The molecular formula is C21H36IN3O2. The minimum absolute atomic E-state index is 0. The van der Waals surface area contributed by atoms with E-state index >= 15 is 0 Å². The maximum atomic E-state index is 5.43. The number of nitrogens with zero attached hydrogens (tertiary/aromatic N) is 1. The Morgan fingerprint density at radius 3 is 2.81 bits per heavy atom. The van der Waals surface area contributed by atoms with Crippen LogP contribution in [0.25, 0.3) is 0 Å². The second kappa shape index (κ2) is 10.7. The summed E-state index contributed by atoms with van der Waals surface area (Å²) in [6.07, 6.45) is 9.12.